The van der Waals surface area contributed by atoms with Gasteiger partial charge >= 0.3 is 0 Å². The minimum absolute atomic E-state index is 0.163. The van der Waals surface area contributed by atoms with Gasteiger partial charge in [-0.3, -0.25) is 9.69 Å². The van der Waals surface area contributed by atoms with Crippen LogP contribution in [0.25, 0.3) is 0 Å². The van der Waals surface area contributed by atoms with Crippen LogP contribution < -0.4 is 0 Å². The van der Waals surface area contributed by atoms with Gasteiger partial charge in [0.05, 0.1) is 13.2 Å². The summed E-state index contributed by atoms with van der Waals surface area (Å²) in [5.74, 6) is 1.28. The Kier molecular flexibility index (Phi) is 4.57. The molecule has 0 aromatic heterocycles. The van der Waals surface area contributed by atoms with Crippen LogP contribution in [-0.2, 0) is 9.53 Å². The number of hydrogen-bond acceptors (Lipinski definition) is 3. The normalized spacial score (nSPS) is 34.2. The number of carbonyl (C=O) groups excluding carboxylic acids is 1. The molecule has 1 saturated heterocycles. The highest BCUT2D eigenvalue weighted by atomic mass is 16.5. The van der Waals surface area contributed by atoms with Crippen LogP contribution in [0, 0.1) is 11.8 Å². The molecule has 1 heterocycles. The van der Waals surface area contributed by atoms with Gasteiger partial charge in [0, 0.05) is 18.6 Å². The van der Waals surface area contributed by atoms with E-state index >= 15 is 0 Å². The Morgan fingerprint density at radius 2 is 2.06 bits per heavy atom. The molecular formula is C14H25NO2. The van der Waals surface area contributed by atoms with Crippen molar-refractivity contribution in [3.05, 3.63) is 0 Å². The Morgan fingerprint density at radius 3 is 2.71 bits per heavy atom. The molecule has 2 aliphatic rings. The fourth-order valence-electron chi connectivity index (χ4n) is 3.23. The molecule has 0 bridgehead atoms. The predicted molar refractivity (Wildman–Crippen MR) is 68.0 cm³/mol. The highest BCUT2D eigenvalue weighted by Crippen LogP contribution is 2.27. The third kappa shape index (κ3) is 3.29. The SMILES string of the molecule is CC1CCCCC1N(C)CC(=O)C1CCOC1. The molecule has 0 radical (unpaired) electrons. The first kappa shape index (κ1) is 13.0. The maximum atomic E-state index is 12.1. The summed E-state index contributed by atoms with van der Waals surface area (Å²) < 4.78 is 5.29. The van der Waals surface area contributed by atoms with E-state index in [1.807, 2.05) is 0 Å². The van der Waals surface area contributed by atoms with Crippen molar-refractivity contribution in [1.29, 1.82) is 0 Å². The molecule has 2 fully saturated rings. The van der Waals surface area contributed by atoms with E-state index in [0.717, 1.165) is 18.9 Å². The molecule has 3 unspecified atom stereocenters. The van der Waals surface area contributed by atoms with E-state index < -0.39 is 0 Å². The topological polar surface area (TPSA) is 29.5 Å². The lowest BCUT2D eigenvalue weighted by Gasteiger charge is -2.36. The molecule has 2 rings (SSSR count). The van der Waals surface area contributed by atoms with Gasteiger partial charge in [-0.15, -0.1) is 0 Å². The van der Waals surface area contributed by atoms with Crippen LogP contribution in [0.4, 0.5) is 0 Å². The van der Waals surface area contributed by atoms with Crippen molar-refractivity contribution < 1.29 is 9.53 Å². The van der Waals surface area contributed by atoms with Crippen molar-refractivity contribution in [1.82, 2.24) is 4.90 Å². The second-order valence-corrected chi connectivity index (χ2v) is 5.77. The first-order valence-electron chi connectivity index (χ1n) is 6.99. The Hall–Kier alpha value is -0.410. The van der Waals surface area contributed by atoms with Gasteiger partial charge in [-0.05, 0) is 32.2 Å². The molecule has 0 spiro atoms. The van der Waals surface area contributed by atoms with Crippen molar-refractivity contribution in [2.24, 2.45) is 11.8 Å². The molecule has 3 nitrogen and oxygen atoms in total. The minimum Gasteiger partial charge on any atom is -0.381 e. The van der Waals surface area contributed by atoms with Crippen molar-refractivity contribution >= 4 is 5.78 Å². The van der Waals surface area contributed by atoms with Gasteiger partial charge in [0.2, 0.25) is 0 Å². The molecule has 0 aromatic carbocycles. The molecule has 0 aromatic rings. The van der Waals surface area contributed by atoms with Crippen LogP contribution in [0.3, 0.4) is 0 Å². The summed E-state index contributed by atoms with van der Waals surface area (Å²) in [6.07, 6.45) is 6.17. The standard InChI is InChI=1S/C14H25NO2/c1-11-5-3-4-6-13(11)15(2)9-14(16)12-7-8-17-10-12/h11-13H,3-10H2,1-2H3. The zero-order valence-electron chi connectivity index (χ0n) is 11.2. The largest absolute Gasteiger partial charge is 0.381 e. The Balaban J connectivity index is 1.82. The summed E-state index contributed by atoms with van der Waals surface area (Å²) in [5.41, 5.74) is 0. The lowest BCUT2D eigenvalue weighted by Crippen LogP contribution is -2.42. The quantitative estimate of drug-likeness (QED) is 0.752. The van der Waals surface area contributed by atoms with Crippen LogP contribution in [0.15, 0.2) is 0 Å². The van der Waals surface area contributed by atoms with Crippen molar-refractivity contribution in [3.63, 3.8) is 0 Å². The molecule has 0 N–H and O–H groups in total. The van der Waals surface area contributed by atoms with E-state index in [9.17, 15) is 4.79 Å². The summed E-state index contributed by atoms with van der Waals surface area (Å²) in [6.45, 7) is 4.35. The summed E-state index contributed by atoms with van der Waals surface area (Å²) in [6, 6.07) is 0.607. The summed E-state index contributed by atoms with van der Waals surface area (Å²) >= 11 is 0. The van der Waals surface area contributed by atoms with Crippen molar-refractivity contribution in [2.45, 2.75) is 45.1 Å². The van der Waals surface area contributed by atoms with Gasteiger partial charge in [-0.25, -0.2) is 0 Å². The Bertz CT molecular complexity index is 261. The van der Waals surface area contributed by atoms with Crippen LogP contribution in [0.2, 0.25) is 0 Å². The van der Waals surface area contributed by atoms with Gasteiger partial charge in [0.15, 0.2) is 5.78 Å². The average molecular weight is 239 g/mol. The third-order valence-electron chi connectivity index (χ3n) is 4.42. The third-order valence-corrected chi connectivity index (χ3v) is 4.42. The van der Waals surface area contributed by atoms with Gasteiger partial charge in [0.1, 0.15) is 0 Å². The van der Waals surface area contributed by atoms with Gasteiger partial charge in [0.25, 0.3) is 0 Å². The number of rotatable bonds is 4. The van der Waals surface area contributed by atoms with Gasteiger partial charge in [-0.1, -0.05) is 19.8 Å². The fourth-order valence-corrected chi connectivity index (χ4v) is 3.23. The molecule has 1 saturated carbocycles. The first-order valence-corrected chi connectivity index (χ1v) is 6.99. The van der Waals surface area contributed by atoms with E-state index in [1.165, 1.54) is 25.7 Å². The highest BCUT2D eigenvalue weighted by molar-refractivity contribution is 5.83. The second kappa shape index (κ2) is 5.96. The Labute approximate surface area is 105 Å². The van der Waals surface area contributed by atoms with Gasteiger partial charge < -0.3 is 4.74 Å². The molecule has 1 aliphatic heterocycles. The maximum absolute atomic E-state index is 12.1. The molecule has 3 heteroatoms. The zero-order chi connectivity index (χ0) is 12.3. The van der Waals surface area contributed by atoms with Gasteiger partial charge in [-0.2, -0.15) is 0 Å². The molecule has 98 valence electrons. The van der Waals surface area contributed by atoms with Crippen LogP contribution in [0.1, 0.15) is 39.0 Å². The Morgan fingerprint density at radius 1 is 1.29 bits per heavy atom. The molecular weight excluding hydrogens is 214 g/mol. The maximum Gasteiger partial charge on any atom is 0.152 e. The summed E-state index contributed by atoms with van der Waals surface area (Å²) in [4.78, 5) is 14.4. The smallest absolute Gasteiger partial charge is 0.152 e. The number of ether oxygens (including phenoxy) is 1. The van der Waals surface area contributed by atoms with E-state index in [0.29, 0.717) is 25.0 Å². The number of ketones is 1. The molecule has 1 aliphatic carbocycles. The van der Waals surface area contributed by atoms with Crippen LogP contribution >= 0.6 is 0 Å². The number of hydrogen-bond donors (Lipinski definition) is 0. The van der Waals surface area contributed by atoms with Crippen LogP contribution in [-0.4, -0.2) is 43.5 Å². The number of carbonyl (C=O) groups is 1. The zero-order valence-corrected chi connectivity index (χ0v) is 11.2. The average Bonchev–Trinajstić information content (AvgIpc) is 2.82. The number of nitrogens with zero attached hydrogens (tertiary/aromatic N) is 1. The lowest BCUT2D eigenvalue weighted by atomic mass is 9.85. The van der Waals surface area contributed by atoms with E-state index in [2.05, 4.69) is 18.9 Å². The number of Topliss-reactive ketones (excluding diaryl/α,β-unsaturated/α-hetero) is 1. The molecule has 3 atom stereocenters. The van der Waals surface area contributed by atoms with E-state index in [4.69, 9.17) is 4.74 Å². The summed E-state index contributed by atoms with van der Waals surface area (Å²) in [7, 11) is 2.11. The van der Waals surface area contributed by atoms with E-state index in [1.54, 1.807) is 0 Å². The fraction of sp³-hybridized carbons (Fsp3) is 0.929. The second-order valence-electron chi connectivity index (χ2n) is 5.77. The molecule has 17 heavy (non-hydrogen) atoms. The van der Waals surface area contributed by atoms with Crippen molar-refractivity contribution in [2.75, 3.05) is 26.8 Å². The monoisotopic (exact) mass is 239 g/mol. The van der Waals surface area contributed by atoms with Crippen molar-refractivity contribution in [3.8, 4) is 0 Å². The summed E-state index contributed by atoms with van der Waals surface area (Å²) in [5, 5.41) is 0. The van der Waals surface area contributed by atoms with E-state index in [-0.39, 0.29) is 5.92 Å². The predicted octanol–water partition coefficient (Wildman–Crippen LogP) is 2.10. The highest BCUT2D eigenvalue weighted by Gasteiger charge is 2.29. The first-order chi connectivity index (χ1) is 8.18. The molecule has 0 amide bonds. The minimum atomic E-state index is 0.163. The van der Waals surface area contributed by atoms with Crippen LogP contribution in [0.5, 0.6) is 0 Å². The number of likely N-dealkylation sites (N-methyl/N-ethyl adjacent to an activating group) is 1. The lowest BCUT2D eigenvalue weighted by molar-refractivity contribution is -0.124.